The monoisotopic (exact) mass is 1220 g/mol. The molecule has 11 amide bonds. The van der Waals surface area contributed by atoms with Gasteiger partial charge in [0.1, 0.15) is 66.2 Å². The van der Waals surface area contributed by atoms with E-state index >= 15 is 0 Å². The first-order valence-corrected chi connectivity index (χ1v) is 29.6. The molecule has 0 spiro atoms. The normalized spacial score (nSPS) is 22.8. The summed E-state index contributed by atoms with van der Waals surface area (Å²) in [6.45, 7) is 8.75. The van der Waals surface area contributed by atoms with E-state index in [2.05, 4.69) is 72.3 Å². The Morgan fingerprint density at radius 1 is 0.581 bits per heavy atom. The Bertz CT molecular complexity index is 2370. The molecule has 1 aliphatic rings. The Kier molecular flexibility index (Phi) is 34.7. The largest absolute Gasteiger partial charge is 0.391 e. The van der Waals surface area contributed by atoms with Gasteiger partial charge in [0.25, 0.3) is 0 Å². The van der Waals surface area contributed by atoms with Gasteiger partial charge in [-0.25, -0.2) is 4.39 Å². The zero-order valence-corrected chi connectivity index (χ0v) is 50.5. The quantitative estimate of drug-likeness (QED) is 0.0334. The maximum Gasteiger partial charge on any atom is 0.245 e. The van der Waals surface area contributed by atoms with Crippen LogP contribution in [0.4, 0.5) is 4.39 Å². The van der Waals surface area contributed by atoms with E-state index in [4.69, 9.17) is 28.7 Å². The summed E-state index contributed by atoms with van der Waals surface area (Å²) in [4.78, 5) is 154. The molecule has 0 bridgehead atoms. The van der Waals surface area contributed by atoms with E-state index < -0.39 is 156 Å². The van der Waals surface area contributed by atoms with Crippen molar-refractivity contribution in [3.8, 4) is 0 Å². The van der Waals surface area contributed by atoms with Crippen molar-refractivity contribution in [3.63, 3.8) is 0 Å². The minimum atomic E-state index is -1.72. The van der Waals surface area contributed by atoms with E-state index in [0.717, 1.165) is 31.4 Å². The lowest BCUT2D eigenvalue weighted by Crippen LogP contribution is -2.62. The molecule has 0 unspecified atom stereocenters. The van der Waals surface area contributed by atoms with Crippen LogP contribution in [0.1, 0.15) is 124 Å². The zero-order chi connectivity index (χ0) is 64.6. The molecule has 1 aromatic rings. The number of hydrogen-bond acceptors (Lipinski definition) is 18. The summed E-state index contributed by atoms with van der Waals surface area (Å²) < 4.78 is 14.1. The molecule has 1 aromatic carbocycles. The van der Waals surface area contributed by atoms with Gasteiger partial charge in [-0.1, -0.05) is 59.1 Å². The molecular formula is C56H97FN16O13. The number of rotatable bonds is 29. The molecule has 0 radical (unpaired) electrons. The fourth-order valence-electron chi connectivity index (χ4n) is 9.13. The molecular weight excluding hydrogens is 1120 g/mol. The van der Waals surface area contributed by atoms with E-state index in [1.807, 2.05) is 0 Å². The highest BCUT2D eigenvalue weighted by atomic mass is 19.1. The molecule has 86 heavy (non-hydrogen) atoms. The molecule has 30 heteroatoms. The van der Waals surface area contributed by atoms with Gasteiger partial charge in [-0.3, -0.25) is 52.7 Å². The van der Waals surface area contributed by atoms with Gasteiger partial charge < -0.3 is 97.4 Å². The fraction of sp³-hybridized carbons (Fsp3) is 0.696. The first kappa shape index (κ1) is 75.1. The van der Waals surface area contributed by atoms with Crippen molar-refractivity contribution in [1.29, 1.82) is 0 Å². The van der Waals surface area contributed by atoms with Crippen LogP contribution in [0.2, 0.25) is 0 Å². The van der Waals surface area contributed by atoms with Crippen LogP contribution in [0.15, 0.2) is 24.3 Å². The van der Waals surface area contributed by atoms with E-state index in [1.165, 1.54) is 26.0 Å². The van der Waals surface area contributed by atoms with Gasteiger partial charge in [-0.05, 0) is 127 Å². The molecule has 0 aliphatic carbocycles. The van der Waals surface area contributed by atoms with Crippen LogP contribution >= 0.6 is 0 Å². The number of carbonyl (C=O) groups is 11. The number of aliphatic hydroxyl groups is 2. The summed E-state index contributed by atoms with van der Waals surface area (Å²) in [5, 5.41) is 49.3. The van der Waals surface area contributed by atoms with Gasteiger partial charge in [-0.2, -0.15) is 0 Å². The Balaban J connectivity index is 2.69. The van der Waals surface area contributed by atoms with Crippen LogP contribution in [0.25, 0.3) is 0 Å². The van der Waals surface area contributed by atoms with Crippen molar-refractivity contribution in [2.75, 3.05) is 39.3 Å². The molecule has 1 aliphatic heterocycles. The molecule has 2 rings (SSSR count). The maximum absolute atomic E-state index is 14.5. The third kappa shape index (κ3) is 26.8. The summed E-state index contributed by atoms with van der Waals surface area (Å²) in [5.74, 6) is -10.5. The highest BCUT2D eigenvalue weighted by molar-refractivity contribution is 5.99. The highest BCUT2D eigenvalue weighted by Gasteiger charge is 2.37. The number of nitrogens with one attached hydrogen (secondary N) is 11. The molecule has 1 heterocycles. The summed E-state index contributed by atoms with van der Waals surface area (Å²) in [5.41, 5.74) is 29.6. The Morgan fingerprint density at radius 2 is 1.07 bits per heavy atom. The minimum Gasteiger partial charge on any atom is -0.391 e. The van der Waals surface area contributed by atoms with Crippen molar-refractivity contribution in [2.24, 2.45) is 40.5 Å². The summed E-state index contributed by atoms with van der Waals surface area (Å²) in [6.07, 6.45) is -1.51. The zero-order valence-electron chi connectivity index (χ0n) is 50.5. The van der Waals surface area contributed by atoms with E-state index in [-0.39, 0.29) is 90.0 Å². The van der Waals surface area contributed by atoms with Crippen molar-refractivity contribution < 1.29 is 67.3 Å². The van der Waals surface area contributed by atoms with E-state index in [0.29, 0.717) is 17.9 Å². The first-order chi connectivity index (χ1) is 40.7. The lowest BCUT2D eigenvalue weighted by molar-refractivity contribution is -0.137. The topological polar surface area (TPSA) is 491 Å². The summed E-state index contributed by atoms with van der Waals surface area (Å²) >= 11 is 0. The van der Waals surface area contributed by atoms with Gasteiger partial charge in [-0.15, -0.1) is 0 Å². The van der Waals surface area contributed by atoms with Crippen LogP contribution in [0.3, 0.4) is 0 Å². The molecule has 29 nitrogen and oxygen atoms in total. The average Bonchev–Trinajstić information content (AvgIpc) is 3.59. The maximum atomic E-state index is 14.5. The number of halogens is 1. The van der Waals surface area contributed by atoms with E-state index in [1.54, 1.807) is 13.8 Å². The Hall–Kier alpha value is -6.96. The van der Waals surface area contributed by atoms with Crippen LogP contribution in [-0.2, 0) is 59.2 Å². The number of hydrogen-bond donors (Lipinski definition) is 18. The van der Waals surface area contributed by atoms with Crippen LogP contribution in [0, 0.1) is 17.7 Å². The number of carbonyl (C=O) groups excluding carboxylic acids is 11. The number of nitrogens with two attached hydrogens (primary N) is 5. The van der Waals surface area contributed by atoms with Crippen LogP contribution in [0.5, 0.6) is 0 Å². The molecule has 23 N–H and O–H groups in total. The van der Waals surface area contributed by atoms with Gasteiger partial charge >= 0.3 is 0 Å². The molecule has 0 saturated carbocycles. The number of benzene rings is 1. The Labute approximate surface area is 502 Å². The van der Waals surface area contributed by atoms with Crippen molar-refractivity contribution in [3.05, 3.63) is 35.6 Å². The van der Waals surface area contributed by atoms with Crippen LogP contribution in [-0.4, -0.2) is 187 Å². The summed E-state index contributed by atoms with van der Waals surface area (Å²) in [6, 6.07) is -10.2. The van der Waals surface area contributed by atoms with Crippen LogP contribution < -0.4 is 87.2 Å². The summed E-state index contributed by atoms with van der Waals surface area (Å²) in [7, 11) is 0. The Morgan fingerprint density at radius 3 is 1.57 bits per heavy atom. The highest BCUT2D eigenvalue weighted by Crippen LogP contribution is 2.14. The SMILES string of the molecule is CC[C@H](C)CCCCC(=O)N[C@@H](CCN)C(=O)N[C@H](C(=O)N[C@@H](CCN)C(=O)N[C@H]1CCNC(=O)[C@H]([C@@H](C)O)NC(=O)[C@H](CCN)NC(=O)[C@H](CCN)NC(=O)[C@H](CC(C)C)NC(=O)[C@@H](Cc2ccc(F)cc2)NC(=O)[C@H](CCN)NC1=O)[C@@H](C)O. The molecule has 486 valence electrons. The lowest BCUT2D eigenvalue weighted by Gasteiger charge is -2.29. The molecule has 0 aromatic heterocycles. The predicted molar refractivity (Wildman–Crippen MR) is 316 cm³/mol. The van der Waals surface area contributed by atoms with Crippen molar-refractivity contribution in [2.45, 2.75) is 198 Å². The first-order valence-electron chi connectivity index (χ1n) is 29.6. The molecule has 1 fully saturated rings. The van der Waals surface area contributed by atoms with E-state index in [9.17, 15) is 67.3 Å². The second-order valence-electron chi connectivity index (χ2n) is 22.2. The van der Waals surface area contributed by atoms with Gasteiger partial charge in [0, 0.05) is 19.4 Å². The van der Waals surface area contributed by atoms with Gasteiger partial charge in [0.05, 0.1) is 12.2 Å². The molecule has 13 atom stereocenters. The molecule has 1 saturated heterocycles. The van der Waals surface area contributed by atoms with Crippen molar-refractivity contribution in [1.82, 2.24) is 58.5 Å². The third-order valence-corrected chi connectivity index (χ3v) is 14.3. The second-order valence-corrected chi connectivity index (χ2v) is 22.2. The lowest BCUT2D eigenvalue weighted by atomic mass is 10.00. The second kappa shape index (κ2) is 39.7. The number of aliphatic hydroxyl groups excluding tert-OH is 2. The van der Waals surface area contributed by atoms with Gasteiger partial charge in [0.2, 0.25) is 65.0 Å². The standard InChI is InChI=1S/C56H97FN16O13/c1-7-31(4)10-8-9-11-44(76)64-36(16-22-58)51(81)73-46(33(6)75)56(86)69-39(19-25-61)48(78)68-41-21-27-63-55(85)45(32(5)74)72-52(82)40(20-26-62)66-47(77)37(17-23-59)67-53(83)42(28-30(2)3)70-54(84)43(29-34-12-14-35(57)15-13-34)71-49(79)38(18-24-60)65-50(41)80/h12-15,30-33,36-43,45-46,74-75H,7-11,16-29,58-62H2,1-6H3,(H,63,85)(H,64,76)(H,65,80)(H,66,77)(H,67,83)(H,68,78)(H,69,86)(H,70,84)(H,71,79)(H,72,82)(H,73,81)/t31-,32+,33+,36-,37-,38-,39-,40-,41-,42-,43+,45-,46-/m0/s1. The number of unbranched alkanes of at least 4 members (excludes halogenated alkanes) is 1. The van der Waals surface area contributed by atoms with Crippen molar-refractivity contribution >= 4 is 65.0 Å². The number of amides is 11. The predicted octanol–water partition coefficient (Wildman–Crippen LogP) is -5.11. The average molecular weight is 1220 g/mol. The minimum absolute atomic E-state index is 0.00519. The third-order valence-electron chi connectivity index (χ3n) is 14.3. The smallest absolute Gasteiger partial charge is 0.245 e. The van der Waals surface area contributed by atoms with Gasteiger partial charge in [0.15, 0.2) is 0 Å². The fourth-order valence-corrected chi connectivity index (χ4v) is 9.13.